The first-order chi connectivity index (χ1) is 14.0. The van der Waals surface area contributed by atoms with Crippen LogP contribution in [0, 0.1) is 5.92 Å². The van der Waals surface area contributed by atoms with Gasteiger partial charge in [-0.15, -0.1) is 0 Å². The van der Waals surface area contributed by atoms with Gasteiger partial charge in [0.25, 0.3) is 5.56 Å². The van der Waals surface area contributed by atoms with Gasteiger partial charge in [-0.2, -0.15) is 0 Å². The van der Waals surface area contributed by atoms with Crippen LogP contribution in [0.5, 0.6) is 0 Å². The van der Waals surface area contributed by atoms with Crippen LogP contribution in [0.1, 0.15) is 75.5 Å². The summed E-state index contributed by atoms with van der Waals surface area (Å²) in [5, 5.41) is 3.27. The molecule has 0 aliphatic carbocycles. The predicted octanol–water partition coefficient (Wildman–Crippen LogP) is 3.00. The third-order valence-electron chi connectivity index (χ3n) is 5.25. The van der Waals surface area contributed by atoms with Gasteiger partial charge in [0.15, 0.2) is 5.78 Å². The smallest absolute Gasteiger partial charge is 0.329 e. The number of hydrogen-bond acceptors (Lipinski definition) is 5. The van der Waals surface area contributed by atoms with Crippen LogP contribution in [-0.4, -0.2) is 21.9 Å². The van der Waals surface area contributed by atoms with Gasteiger partial charge in [-0.05, 0) is 28.9 Å². The first kappa shape index (κ1) is 23.6. The van der Waals surface area contributed by atoms with Crippen molar-refractivity contribution in [2.24, 2.45) is 5.92 Å². The minimum Gasteiger partial charge on any atom is -0.384 e. The Kier molecular flexibility index (Phi) is 7.42. The van der Waals surface area contributed by atoms with Crippen LogP contribution in [-0.2, 0) is 12.0 Å². The Hall–Kier alpha value is -2.67. The number of benzene rings is 1. The number of aromatic amines is 1. The monoisotopic (exact) mass is 414 g/mol. The summed E-state index contributed by atoms with van der Waals surface area (Å²) in [6, 6.07) is 8.30. The third kappa shape index (κ3) is 5.27. The molecule has 0 saturated carbocycles. The first-order valence-corrected chi connectivity index (χ1v) is 10.5. The van der Waals surface area contributed by atoms with Crippen LogP contribution in [0.4, 0.5) is 5.82 Å². The second-order valence-corrected chi connectivity index (χ2v) is 9.07. The number of aromatic nitrogens is 2. The van der Waals surface area contributed by atoms with Gasteiger partial charge in [0.2, 0.25) is 0 Å². The van der Waals surface area contributed by atoms with E-state index >= 15 is 0 Å². The minimum absolute atomic E-state index is 0.0541. The summed E-state index contributed by atoms with van der Waals surface area (Å²) in [4.78, 5) is 39.2. The fourth-order valence-corrected chi connectivity index (χ4v) is 3.52. The summed E-state index contributed by atoms with van der Waals surface area (Å²) in [7, 11) is 0. The molecule has 0 saturated heterocycles. The lowest BCUT2D eigenvalue weighted by molar-refractivity contribution is 0.0983. The van der Waals surface area contributed by atoms with E-state index in [1.165, 1.54) is 10.1 Å². The molecule has 4 N–H and O–H groups in total. The number of carbonyl (C=O) groups excluding carboxylic acids is 1. The molecule has 30 heavy (non-hydrogen) atoms. The molecule has 0 fully saturated rings. The van der Waals surface area contributed by atoms with E-state index < -0.39 is 17.0 Å². The molecule has 0 unspecified atom stereocenters. The van der Waals surface area contributed by atoms with Gasteiger partial charge >= 0.3 is 5.69 Å². The number of rotatable bonds is 8. The highest BCUT2D eigenvalue weighted by Gasteiger charge is 2.22. The van der Waals surface area contributed by atoms with Crippen LogP contribution < -0.4 is 22.3 Å². The van der Waals surface area contributed by atoms with Crippen molar-refractivity contribution in [1.29, 1.82) is 0 Å². The Bertz CT molecular complexity index is 995. The molecular weight excluding hydrogens is 380 g/mol. The molecule has 7 nitrogen and oxygen atoms in total. The maximum Gasteiger partial charge on any atom is 0.329 e. The Balaban J connectivity index is 2.25. The fraction of sp³-hybridized carbons (Fsp3) is 0.522. The van der Waals surface area contributed by atoms with E-state index in [-0.39, 0.29) is 35.3 Å². The molecule has 0 amide bonds. The zero-order valence-electron chi connectivity index (χ0n) is 18.8. The quantitative estimate of drug-likeness (QED) is 0.575. The predicted molar refractivity (Wildman–Crippen MR) is 121 cm³/mol. The zero-order chi connectivity index (χ0) is 22.6. The lowest BCUT2D eigenvalue weighted by Crippen LogP contribution is -2.39. The van der Waals surface area contributed by atoms with Crippen LogP contribution in [0.15, 0.2) is 33.9 Å². The molecule has 0 bridgehead atoms. The number of anilines is 1. The Labute approximate surface area is 177 Å². The van der Waals surface area contributed by atoms with E-state index in [0.29, 0.717) is 13.0 Å². The summed E-state index contributed by atoms with van der Waals surface area (Å²) in [5.41, 5.74) is 6.87. The Morgan fingerprint density at radius 1 is 1.17 bits per heavy atom. The molecular formula is C23H34N4O3. The molecule has 2 rings (SSSR count). The summed E-state index contributed by atoms with van der Waals surface area (Å²) < 4.78 is 1.24. The molecule has 1 aromatic heterocycles. The van der Waals surface area contributed by atoms with Gasteiger partial charge in [-0.1, -0.05) is 65.8 Å². The minimum atomic E-state index is -0.743. The van der Waals surface area contributed by atoms with E-state index in [1.807, 2.05) is 6.92 Å². The largest absolute Gasteiger partial charge is 0.384 e. The third-order valence-corrected chi connectivity index (χ3v) is 5.25. The summed E-state index contributed by atoms with van der Waals surface area (Å²) in [5.74, 6) is -0.286. The molecule has 7 heteroatoms. The lowest BCUT2D eigenvalue weighted by atomic mass is 9.85. The Morgan fingerprint density at radius 2 is 1.77 bits per heavy atom. The number of ketones is 1. The first-order valence-electron chi connectivity index (χ1n) is 10.5. The second kappa shape index (κ2) is 9.43. The maximum absolute atomic E-state index is 12.8. The highest BCUT2D eigenvalue weighted by Crippen LogP contribution is 2.26. The number of nitrogens with zero attached hydrogens (tertiary/aromatic N) is 1. The molecule has 0 spiro atoms. The van der Waals surface area contributed by atoms with Gasteiger partial charge in [-0.3, -0.25) is 19.1 Å². The summed E-state index contributed by atoms with van der Waals surface area (Å²) >= 11 is 0. The molecule has 2 aromatic rings. The summed E-state index contributed by atoms with van der Waals surface area (Å²) in [6.07, 6.45) is 0.655. The highest BCUT2D eigenvalue weighted by atomic mass is 16.2. The van der Waals surface area contributed by atoms with Crippen molar-refractivity contribution in [2.75, 3.05) is 12.3 Å². The normalized spacial score (nSPS) is 12.9. The topological polar surface area (TPSA) is 110 Å². The Morgan fingerprint density at radius 3 is 2.27 bits per heavy atom. The average Bonchev–Trinajstić information content (AvgIpc) is 2.64. The molecule has 0 aliphatic heterocycles. The van der Waals surface area contributed by atoms with E-state index in [4.69, 9.17) is 5.73 Å². The number of Topliss-reactive ketones (excluding diaryl/α,β-unsaturated/α-hetero) is 1. The number of hydrogen-bond donors (Lipinski definition) is 3. The second-order valence-electron chi connectivity index (χ2n) is 9.07. The standard InChI is InChI=1S/C23H34N4O3/c1-7-12-27-20(24)18(21(29)26-22(27)30)17(28)13-25-19(14(2)3)15-8-10-16(11-9-15)23(4,5)6/h8-11,14,19,25H,7,12-13,24H2,1-6H3,(H,26,29,30)/t19-/m0/s1. The van der Waals surface area contributed by atoms with Gasteiger partial charge in [0.05, 0.1) is 6.54 Å². The molecule has 0 aliphatic rings. The van der Waals surface area contributed by atoms with Crippen molar-refractivity contribution in [1.82, 2.24) is 14.9 Å². The van der Waals surface area contributed by atoms with Crippen molar-refractivity contribution in [3.63, 3.8) is 0 Å². The number of carbonyl (C=O) groups is 1. The van der Waals surface area contributed by atoms with Gasteiger partial charge in [-0.25, -0.2) is 4.79 Å². The van der Waals surface area contributed by atoms with E-state index in [0.717, 1.165) is 5.56 Å². The van der Waals surface area contributed by atoms with Crippen LogP contribution in [0.3, 0.4) is 0 Å². The van der Waals surface area contributed by atoms with E-state index in [1.54, 1.807) is 0 Å². The highest BCUT2D eigenvalue weighted by molar-refractivity contribution is 6.01. The van der Waals surface area contributed by atoms with Crippen molar-refractivity contribution in [3.05, 3.63) is 61.8 Å². The maximum atomic E-state index is 12.8. The van der Waals surface area contributed by atoms with Gasteiger partial charge < -0.3 is 11.1 Å². The van der Waals surface area contributed by atoms with Gasteiger partial charge in [0, 0.05) is 12.6 Å². The van der Waals surface area contributed by atoms with Gasteiger partial charge in [0.1, 0.15) is 11.4 Å². The number of nitrogen functional groups attached to an aromatic ring is 1. The molecule has 0 radical (unpaired) electrons. The van der Waals surface area contributed by atoms with Crippen molar-refractivity contribution < 1.29 is 4.79 Å². The van der Waals surface area contributed by atoms with Crippen molar-refractivity contribution in [3.8, 4) is 0 Å². The fourth-order valence-electron chi connectivity index (χ4n) is 3.52. The summed E-state index contributed by atoms with van der Waals surface area (Å²) in [6.45, 7) is 12.8. The molecule has 164 valence electrons. The number of nitrogens with two attached hydrogens (primary N) is 1. The number of H-pyrrole nitrogens is 1. The molecule has 1 heterocycles. The lowest BCUT2D eigenvalue weighted by Gasteiger charge is -2.25. The molecule has 1 atom stereocenters. The number of nitrogens with one attached hydrogen (secondary N) is 2. The van der Waals surface area contributed by atoms with E-state index in [9.17, 15) is 14.4 Å². The van der Waals surface area contributed by atoms with Crippen LogP contribution in [0.2, 0.25) is 0 Å². The zero-order valence-corrected chi connectivity index (χ0v) is 18.8. The molecule has 1 aromatic carbocycles. The average molecular weight is 415 g/mol. The SMILES string of the molecule is CCCn1c(N)c(C(=O)CN[C@H](c2ccc(C(C)(C)C)cc2)C(C)C)c(=O)[nH]c1=O. The van der Waals surface area contributed by atoms with E-state index in [2.05, 4.69) is 69.2 Å². The van der Waals surface area contributed by atoms with Crippen molar-refractivity contribution in [2.45, 2.75) is 66.0 Å². The van der Waals surface area contributed by atoms with Crippen LogP contribution in [0.25, 0.3) is 0 Å². The van der Waals surface area contributed by atoms with Crippen LogP contribution >= 0.6 is 0 Å². The van der Waals surface area contributed by atoms with Crippen molar-refractivity contribution >= 4 is 11.6 Å².